The van der Waals surface area contributed by atoms with Crippen LogP contribution < -0.4 is 20.7 Å². The molecule has 42 heavy (non-hydrogen) atoms. The van der Waals surface area contributed by atoms with Gasteiger partial charge in [0.05, 0.1) is 32.1 Å². The number of urea groups is 1. The summed E-state index contributed by atoms with van der Waals surface area (Å²) in [5, 5.41) is 8.45. The van der Waals surface area contributed by atoms with Crippen molar-refractivity contribution in [1.82, 2.24) is 15.2 Å². The lowest BCUT2D eigenvalue weighted by molar-refractivity contribution is 0.00821. The summed E-state index contributed by atoms with van der Waals surface area (Å²) in [5.74, 6) is 1.09. The zero-order valence-electron chi connectivity index (χ0n) is 23.2. The van der Waals surface area contributed by atoms with Crippen LogP contribution in [0.15, 0.2) is 89.8 Å². The Morgan fingerprint density at radius 1 is 0.976 bits per heavy atom. The number of nitrogens with one attached hydrogen (secondary N) is 3. The van der Waals surface area contributed by atoms with Crippen LogP contribution in [0.25, 0.3) is 11.3 Å². The molecule has 1 unspecified atom stereocenters. The second-order valence-electron chi connectivity index (χ2n) is 9.63. The Kier molecular flexibility index (Phi) is 9.65. The van der Waals surface area contributed by atoms with Gasteiger partial charge in [0, 0.05) is 43.6 Å². The Morgan fingerprint density at radius 3 is 2.50 bits per heavy atom. The number of hydrogen-bond acceptors (Lipinski definition) is 8. The lowest BCUT2D eigenvalue weighted by Gasteiger charge is -2.30. The molecule has 2 heterocycles. The Balaban J connectivity index is 1.15. The summed E-state index contributed by atoms with van der Waals surface area (Å²) in [6, 6.07) is 21.7. The van der Waals surface area contributed by atoms with Gasteiger partial charge in [-0.2, -0.15) is 0 Å². The highest BCUT2D eigenvalue weighted by molar-refractivity contribution is 6.00. The minimum atomic E-state index is -0.518. The fraction of sp³-hybridized carbons (Fsp3) is 0.258. The molecule has 0 bridgehead atoms. The average Bonchev–Trinajstić information content (AvgIpc) is 3.56. The Bertz CT molecular complexity index is 1460. The number of carbonyl (C=O) groups is 2. The first kappa shape index (κ1) is 28.7. The van der Waals surface area contributed by atoms with Crippen molar-refractivity contribution in [1.29, 1.82) is 0 Å². The van der Waals surface area contributed by atoms with E-state index in [1.807, 2.05) is 36.4 Å². The van der Waals surface area contributed by atoms with Gasteiger partial charge in [0.1, 0.15) is 11.9 Å². The summed E-state index contributed by atoms with van der Waals surface area (Å²) in [7, 11) is 1.54. The van der Waals surface area contributed by atoms with Gasteiger partial charge in [0.25, 0.3) is 0 Å². The maximum atomic E-state index is 12.8. The topological polar surface area (TPSA) is 127 Å². The van der Waals surface area contributed by atoms with Crippen molar-refractivity contribution in [2.75, 3.05) is 50.6 Å². The van der Waals surface area contributed by atoms with Crippen LogP contribution in [0.2, 0.25) is 0 Å². The lowest BCUT2D eigenvalue weighted by atomic mass is 10.1. The number of carbonyl (C=O) groups excluding carboxylic acids is 2. The van der Waals surface area contributed by atoms with E-state index >= 15 is 0 Å². The molecule has 1 fully saturated rings. The smallest absolute Gasteiger partial charge is 0.408 e. The summed E-state index contributed by atoms with van der Waals surface area (Å²) < 4.78 is 22.1. The second kappa shape index (κ2) is 14.2. The number of alkyl carbamates (subject to hydrolysis) is 1. The van der Waals surface area contributed by atoms with Crippen molar-refractivity contribution in [3.8, 4) is 17.1 Å². The van der Waals surface area contributed by atoms with Crippen LogP contribution in [0.5, 0.6) is 5.75 Å². The van der Waals surface area contributed by atoms with E-state index in [1.165, 1.54) is 6.39 Å². The van der Waals surface area contributed by atoms with Gasteiger partial charge in [0.2, 0.25) is 0 Å². The number of amides is 3. The molecule has 11 heteroatoms. The number of oxazole rings is 1. The van der Waals surface area contributed by atoms with Gasteiger partial charge in [-0.1, -0.05) is 42.5 Å². The van der Waals surface area contributed by atoms with Crippen LogP contribution in [-0.2, 0) is 16.0 Å². The van der Waals surface area contributed by atoms with Crippen molar-refractivity contribution < 1.29 is 28.2 Å². The molecule has 1 aromatic heterocycles. The number of nitrogens with zero attached hydrogens (tertiary/aromatic N) is 2. The second-order valence-corrected chi connectivity index (χ2v) is 9.63. The van der Waals surface area contributed by atoms with Crippen molar-refractivity contribution >= 4 is 23.5 Å². The summed E-state index contributed by atoms with van der Waals surface area (Å²) in [6.07, 6.45) is 2.00. The van der Waals surface area contributed by atoms with Gasteiger partial charge < -0.3 is 34.6 Å². The molecule has 218 valence electrons. The zero-order chi connectivity index (χ0) is 29.1. The van der Waals surface area contributed by atoms with Gasteiger partial charge in [0.15, 0.2) is 12.2 Å². The van der Waals surface area contributed by atoms with E-state index in [9.17, 15) is 9.59 Å². The predicted molar refractivity (Wildman–Crippen MR) is 157 cm³/mol. The molecule has 1 saturated heterocycles. The summed E-state index contributed by atoms with van der Waals surface area (Å²) in [5.41, 5.74) is 3.56. The van der Waals surface area contributed by atoms with E-state index in [2.05, 4.69) is 25.8 Å². The molecule has 0 spiro atoms. The van der Waals surface area contributed by atoms with Crippen LogP contribution in [-0.4, -0.2) is 62.0 Å². The standard InChI is InChI=1S/C31H33N5O6/c1-39-27-17-25(10-11-26(27)28-19-32-21-41-28)35-30(37)34-24-9-5-6-22(16-24)18-33-31(38)42-29(23-7-3-2-4-8-23)20-36-12-14-40-15-13-36/h2-11,16-17,19,21,29H,12-15,18,20H2,1H3,(H,33,38)(H2,34,35,37). The molecule has 1 atom stereocenters. The van der Waals surface area contributed by atoms with E-state index < -0.39 is 18.2 Å². The first-order chi connectivity index (χ1) is 20.6. The molecule has 0 saturated carbocycles. The molecule has 1 aliphatic rings. The maximum Gasteiger partial charge on any atom is 0.408 e. The molecule has 3 aromatic carbocycles. The van der Waals surface area contributed by atoms with Gasteiger partial charge in [-0.3, -0.25) is 4.90 Å². The monoisotopic (exact) mass is 571 g/mol. The fourth-order valence-electron chi connectivity index (χ4n) is 4.62. The van der Waals surface area contributed by atoms with Gasteiger partial charge in [-0.15, -0.1) is 0 Å². The van der Waals surface area contributed by atoms with Crippen molar-refractivity contribution in [3.63, 3.8) is 0 Å². The third kappa shape index (κ3) is 7.87. The third-order valence-electron chi connectivity index (χ3n) is 6.73. The van der Waals surface area contributed by atoms with Crippen molar-refractivity contribution in [2.24, 2.45) is 0 Å². The summed E-state index contributed by atoms with van der Waals surface area (Å²) >= 11 is 0. The third-order valence-corrected chi connectivity index (χ3v) is 6.73. The molecule has 3 amide bonds. The Hall–Kier alpha value is -4.87. The maximum absolute atomic E-state index is 12.8. The SMILES string of the molecule is COc1cc(NC(=O)Nc2cccc(CNC(=O)OC(CN3CCOCC3)c3ccccc3)c2)ccc1-c1cnco1. The van der Waals surface area contributed by atoms with E-state index in [-0.39, 0.29) is 6.54 Å². The quantitative estimate of drug-likeness (QED) is 0.234. The normalized spacial score (nSPS) is 14.0. The molecule has 0 radical (unpaired) electrons. The molecule has 1 aliphatic heterocycles. The van der Waals surface area contributed by atoms with E-state index in [4.69, 9.17) is 18.6 Å². The summed E-state index contributed by atoms with van der Waals surface area (Å²) in [4.78, 5) is 31.6. The molecular formula is C31H33N5O6. The minimum absolute atomic E-state index is 0.231. The molecule has 3 N–H and O–H groups in total. The van der Waals surface area contributed by atoms with Crippen molar-refractivity contribution in [3.05, 3.63) is 96.5 Å². The van der Waals surface area contributed by atoms with Gasteiger partial charge in [-0.05, 0) is 35.4 Å². The number of hydrogen-bond donors (Lipinski definition) is 3. The molecule has 5 rings (SSSR count). The number of anilines is 2. The average molecular weight is 572 g/mol. The minimum Gasteiger partial charge on any atom is -0.496 e. The molecular weight excluding hydrogens is 538 g/mol. The number of morpholine rings is 1. The van der Waals surface area contributed by atoms with Crippen molar-refractivity contribution in [2.45, 2.75) is 12.6 Å². The number of benzene rings is 3. The van der Waals surface area contributed by atoms with Gasteiger partial charge >= 0.3 is 12.1 Å². The molecule has 11 nitrogen and oxygen atoms in total. The molecule has 4 aromatic rings. The lowest BCUT2D eigenvalue weighted by Crippen LogP contribution is -2.40. The van der Waals surface area contributed by atoms with E-state index in [0.29, 0.717) is 42.6 Å². The largest absolute Gasteiger partial charge is 0.496 e. The van der Waals surface area contributed by atoms with Crippen LogP contribution in [0.1, 0.15) is 17.2 Å². The van der Waals surface area contributed by atoms with E-state index in [0.717, 1.165) is 29.8 Å². The van der Waals surface area contributed by atoms with Crippen LogP contribution in [0.3, 0.4) is 0 Å². The predicted octanol–water partition coefficient (Wildman–Crippen LogP) is 5.29. The Labute approximate surface area is 243 Å². The highest BCUT2D eigenvalue weighted by Gasteiger charge is 2.22. The molecule has 0 aliphatic carbocycles. The number of ether oxygens (including phenoxy) is 3. The van der Waals surface area contributed by atoms with Crippen LogP contribution in [0, 0.1) is 0 Å². The van der Waals surface area contributed by atoms with Crippen LogP contribution >= 0.6 is 0 Å². The number of rotatable bonds is 10. The highest BCUT2D eigenvalue weighted by atomic mass is 16.6. The number of methoxy groups -OCH3 is 1. The fourth-order valence-corrected chi connectivity index (χ4v) is 4.62. The summed E-state index contributed by atoms with van der Waals surface area (Å²) in [6.45, 7) is 3.74. The van der Waals surface area contributed by atoms with E-state index in [1.54, 1.807) is 49.7 Å². The van der Waals surface area contributed by atoms with Gasteiger partial charge in [-0.25, -0.2) is 14.6 Å². The zero-order valence-corrected chi connectivity index (χ0v) is 23.2. The number of aromatic nitrogens is 1. The Morgan fingerprint density at radius 2 is 1.76 bits per heavy atom. The first-order valence-electron chi connectivity index (χ1n) is 13.6. The first-order valence-corrected chi connectivity index (χ1v) is 13.6. The van der Waals surface area contributed by atoms with Crippen LogP contribution in [0.4, 0.5) is 21.0 Å². The highest BCUT2D eigenvalue weighted by Crippen LogP contribution is 2.32.